The van der Waals surface area contributed by atoms with Crippen LogP contribution in [0.4, 0.5) is 0 Å². The molecule has 6 rings (SSSR count). The zero-order chi connectivity index (χ0) is 31.9. The van der Waals surface area contributed by atoms with Gasteiger partial charge in [0.2, 0.25) is 17.5 Å². The highest BCUT2D eigenvalue weighted by Gasteiger charge is 2.72. The molecule has 0 bridgehead atoms. The first-order valence-corrected chi connectivity index (χ1v) is 16.8. The van der Waals surface area contributed by atoms with Gasteiger partial charge in [0.15, 0.2) is 0 Å². The number of aliphatic hydroxyl groups is 1. The van der Waals surface area contributed by atoms with Gasteiger partial charge < -0.3 is 15.3 Å². The molecule has 3 saturated heterocycles. The molecule has 4 heterocycles. The lowest BCUT2D eigenvalue weighted by atomic mass is 9.75. The van der Waals surface area contributed by atoms with Crippen molar-refractivity contribution in [2.45, 2.75) is 97.0 Å². The number of carbonyl (C=O) groups excluding carboxylic acids is 3. The number of carbonyl (C=O) groups is 3. The Bertz CT molecular complexity index is 1470. The maximum absolute atomic E-state index is 14.5. The van der Waals surface area contributed by atoms with Crippen LogP contribution >= 0.6 is 15.9 Å². The molecule has 1 aromatic carbocycles. The predicted octanol–water partition coefficient (Wildman–Crippen LogP) is 4.23. The molecule has 6 atom stereocenters. The van der Waals surface area contributed by atoms with Crippen molar-refractivity contribution in [1.82, 2.24) is 20.0 Å². The number of rotatable bonds is 5. The Labute approximate surface area is 268 Å². The molecular formula is C34H45BrN4O5. The molecule has 5 aliphatic rings. The van der Waals surface area contributed by atoms with Crippen LogP contribution in [0.25, 0.3) is 11.1 Å². The predicted molar refractivity (Wildman–Crippen MR) is 172 cm³/mol. The van der Waals surface area contributed by atoms with Crippen LogP contribution in [0.1, 0.15) is 77.0 Å². The zero-order valence-corrected chi connectivity index (χ0v) is 28.4. The van der Waals surface area contributed by atoms with Crippen molar-refractivity contribution < 1.29 is 24.2 Å². The molecule has 0 saturated carbocycles. The number of hydrogen-bond acceptors (Lipinski definition) is 6. The van der Waals surface area contributed by atoms with Gasteiger partial charge in [-0.2, -0.15) is 0 Å². The molecule has 0 spiro atoms. The third kappa shape index (κ3) is 4.62. The number of nitrogens with zero attached hydrogens (tertiary/aromatic N) is 3. The largest absolute Gasteiger partial charge is 0.347 e. The normalized spacial score (nSPS) is 34.6. The highest BCUT2D eigenvalue weighted by molar-refractivity contribution is 9.11. The quantitative estimate of drug-likeness (QED) is 0.487. The number of aryl methyl sites for hydroxylation is 1. The van der Waals surface area contributed by atoms with E-state index >= 15 is 0 Å². The minimum absolute atomic E-state index is 0.104. The molecule has 6 unspecified atom stereocenters. The summed E-state index contributed by atoms with van der Waals surface area (Å²) in [6, 6.07) is 4.88. The first-order valence-electron chi connectivity index (χ1n) is 16.0. The van der Waals surface area contributed by atoms with E-state index in [1.165, 1.54) is 21.6 Å². The van der Waals surface area contributed by atoms with Crippen molar-refractivity contribution in [3.8, 4) is 0 Å². The summed E-state index contributed by atoms with van der Waals surface area (Å²) < 4.78 is 7.57. The van der Waals surface area contributed by atoms with Crippen molar-refractivity contribution in [2.75, 3.05) is 20.1 Å². The van der Waals surface area contributed by atoms with Gasteiger partial charge in [-0.25, -0.2) is 0 Å². The van der Waals surface area contributed by atoms with E-state index in [9.17, 15) is 19.5 Å². The number of halogens is 1. The van der Waals surface area contributed by atoms with Crippen molar-refractivity contribution in [1.29, 1.82) is 0 Å². The molecule has 9 nitrogen and oxygen atoms in total. The lowest BCUT2D eigenvalue weighted by Gasteiger charge is -2.49. The number of fused-ring (bicyclic) bond motifs is 6. The van der Waals surface area contributed by atoms with Crippen molar-refractivity contribution in [3.63, 3.8) is 0 Å². The first kappa shape index (κ1) is 31.5. The molecular weight excluding hydrogens is 624 g/mol. The van der Waals surface area contributed by atoms with E-state index in [1.54, 1.807) is 4.90 Å². The summed E-state index contributed by atoms with van der Waals surface area (Å²) in [6.07, 6.45) is 4.51. The molecule has 0 aromatic heterocycles. The summed E-state index contributed by atoms with van der Waals surface area (Å²) >= 11 is 3.74. The number of nitrogens with one attached hydrogen (secondary N) is 1. The van der Waals surface area contributed by atoms with Crippen LogP contribution in [0.5, 0.6) is 0 Å². The van der Waals surface area contributed by atoms with Gasteiger partial charge in [-0.05, 0) is 84.8 Å². The third-order valence-corrected chi connectivity index (χ3v) is 10.8. The Morgan fingerprint density at radius 3 is 2.61 bits per heavy atom. The molecule has 2 N–H and O–H groups in total. The smallest absolute Gasteiger partial charge is 0.281 e. The number of allylic oxidation sites excluding steroid dienone is 1. The Kier molecular flexibility index (Phi) is 7.91. The molecule has 1 aliphatic carbocycles. The topological polar surface area (TPSA) is 102 Å². The van der Waals surface area contributed by atoms with Crippen LogP contribution in [0.15, 0.2) is 28.8 Å². The lowest BCUT2D eigenvalue weighted by molar-refractivity contribution is -0.322. The third-order valence-electron chi connectivity index (χ3n) is 10.4. The van der Waals surface area contributed by atoms with E-state index in [0.29, 0.717) is 25.9 Å². The number of hydrogen-bond donors (Lipinski definition) is 2. The summed E-state index contributed by atoms with van der Waals surface area (Å²) in [7, 11) is 2.04. The van der Waals surface area contributed by atoms with E-state index in [-0.39, 0.29) is 23.8 Å². The monoisotopic (exact) mass is 668 g/mol. The van der Waals surface area contributed by atoms with E-state index in [2.05, 4.69) is 64.3 Å². The highest BCUT2D eigenvalue weighted by Crippen LogP contribution is 2.49. The van der Waals surface area contributed by atoms with Gasteiger partial charge in [-0.15, -0.1) is 0 Å². The molecule has 10 heteroatoms. The summed E-state index contributed by atoms with van der Waals surface area (Å²) in [5.41, 5.74) is 4.08. The van der Waals surface area contributed by atoms with E-state index < -0.39 is 41.5 Å². The molecule has 44 heavy (non-hydrogen) atoms. The number of likely N-dealkylation sites (N-methyl/N-ethyl adjacent to an activating group) is 1. The van der Waals surface area contributed by atoms with Crippen LogP contribution in [0.3, 0.4) is 0 Å². The van der Waals surface area contributed by atoms with Gasteiger partial charge in [-0.1, -0.05) is 67.9 Å². The van der Waals surface area contributed by atoms with Crippen LogP contribution in [0, 0.1) is 24.7 Å². The minimum atomic E-state index is -2.01. The fourth-order valence-electron chi connectivity index (χ4n) is 8.15. The van der Waals surface area contributed by atoms with Crippen LogP contribution < -0.4 is 5.32 Å². The van der Waals surface area contributed by atoms with Gasteiger partial charge in [0.05, 0.1) is 5.92 Å². The standard InChI is InChI=1S/C34H45BrN4O5/c1-18(2)14-27-31(41)38-13-9-12-28(38)34(43)39(27)32(42)33(44-34,19(3)4)36-30(40)22-15-25-23-11-8-10-20(5)29(23)24(21(6)35)16-26(25)37(7)17-22/h8,10-11,15,18-19,22,26-28,43H,9,12-14,16-17H2,1-7H3,(H,36,40)/b24-21+. The Hall–Kier alpha value is -2.53. The minimum Gasteiger partial charge on any atom is -0.347 e. The number of ether oxygens (including phenoxy) is 1. The second kappa shape index (κ2) is 11.1. The van der Waals surface area contributed by atoms with Crippen LogP contribution in [0.2, 0.25) is 0 Å². The van der Waals surface area contributed by atoms with Gasteiger partial charge in [0, 0.05) is 25.0 Å². The van der Waals surface area contributed by atoms with Gasteiger partial charge in [0.25, 0.3) is 11.8 Å². The summed E-state index contributed by atoms with van der Waals surface area (Å²) in [6.45, 7) is 12.8. The Balaban J connectivity index is 1.37. The molecule has 4 aliphatic heterocycles. The van der Waals surface area contributed by atoms with Crippen molar-refractivity contribution >= 4 is 44.8 Å². The summed E-state index contributed by atoms with van der Waals surface area (Å²) in [5.74, 6) is -4.01. The molecule has 3 fully saturated rings. The van der Waals surface area contributed by atoms with Crippen LogP contribution in [-0.2, 0) is 19.1 Å². The van der Waals surface area contributed by atoms with E-state index in [1.807, 2.05) is 34.7 Å². The fourth-order valence-corrected chi connectivity index (χ4v) is 8.51. The molecule has 1 aromatic rings. The number of benzene rings is 1. The first-order chi connectivity index (χ1) is 20.7. The Morgan fingerprint density at radius 2 is 1.95 bits per heavy atom. The Morgan fingerprint density at radius 1 is 1.23 bits per heavy atom. The molecule has 3 amide bonds. The second-order valence-corrected chi connectivity index (χ2v) is 15.2. The fraction of sp³-hybridized carbons (Fsp3) is 0.618. The van der Waals surface area contributed by atoms with Gasteiger partial charge in [-0.3, -0.25) is 28.9 Å². The zero-order valence-electron chi connectivity index (χ0n) is 26.8. The average molecular weight is 670 g/mol. The maximum atomic E-state index is 14.5. The SMILES string of the molecule is C/C(Br)=C1/CC2C(=CC(C(=O)NC3(C(C)C)OC4(O)C5CCCN5C(=O)C(CC(C)C)N4C3=O)CN2C)c2cccc(C)c21. The van der Waals surface area contributed by atoms with Crippen molar-refractivity contribution in [2.24, 2.45) is 17.8 Å². The molecule has 238 valence electrons. The second-order valence-electron chi connectivity index (χ2n) is 14.0. The highest BCUT2D eigenvalue weighted by atomic mass is 79.9. The summed E-state index contributed by atoms with van der Waals surface area (Å²) in [5, 5.41) is 15.2. The lowest BCUT2D eigenvalue weighted by Crippen LogP contribution is -2.71. The molecule has 0 radical (unpaired) electrons. The van der Waals surface area contributed by atoms with E-state index in [0.717, 1.165) is 28.5 Å². The van der Waals surface area contributed by atoms with Gasteiger partial charge >= 0.3 is 0 Å². The van der Waals surface area contributed by atoms with Crippen LogP contribution in [-0.4, -0.2) is 87.4 Å². The van der Waals surface area contributed by atoms with E-state index in [4.69, 9.17) is 4.74 Å². The van der Waals surface area contributed by atoms with Crippen molar-refractivity contribution in [3.05, 3.63) is 45.4 Å². The number of piperazine rings is 1. The maximum Gasteiger partial charge on any atom is 0.281 e. The average Bonchev–Trinajstić information content (AvgIpc) is 3.54. The number of amides is 3. The van der Waals surface area contributed by atoms with Gasteiger partial charge in [0.1, 0.15) is 12.1 Å². The summed E-state index contributed by atoms with van der Waals surface area (Å²) in [4.78, 5) is 47.5.